The lowest BCUT2D eigenvalue weighted by atomic mass is 9.99. The molecule has 0 aromatic rings. The van der Waals surface area contributed by atoms with Crippen molar-refractivity contribution in [1.82, 2.24) is 0 Å². The van der Waals surface area contributed by atoms with E-state index in [-0.39, 0.29) is 11.7 Å². The predicted molar refractivity (Wildman–Crippen MR) is 90.2 cm³/mol. The lowest BCUT2D eigenvalue weighted by molar-refractivity contribution is -0.237. The number of thioether (sulfide) groups is 1. The van der Waals surface area contributed by atoms with E-state index in [9.17, 15) is 24.0 Å². The Bertz CT molecular complexity index is 604. The molecule has 0 radical (unpaired) electrons. The number of ether oxygens (including phenoxy) is 5. The Labute approximate surface area is 160 Å². The molecule has 1 rings (SSSR count). The van der Waals surface area contributed by atoms with Gasteiger partial charge in [-0.1, -0.05) is 11.8 Å². The fourth-order valence-corrected chi connectivity index (χ4v) is 3.32. The molecule has 152 valence electrons. The highest BCUT2D eigenvalue weighted by Crippen LogP contribution is 2.34. The fourth-order valence-electron chi connectivity index (χ4n) is 2.45. The molecule has 1 aliphatic heterocycles. The summed E-state index contributed by atoms with van der Waals surface area (Å²) in [4.78, 5) is 57.3. The van der Waals surface area contributed by atoms with Gasteiger partial charge in [0.1, 0.15) is 12.7 Å². The van der Waals surface area contributed by atoms with Crippen LogP contribution in [0.3, 0.4) is 0 Å². The third-order valence-electron chi connectivity index (χ3n) is 3.23. The summed E-state index contributed by atoms with van der Waals surface area (Å²) in [5.41, 5.74) is -1.07. The highest BCUT2D eigenvalue weighted by Gasteiger charge is 2.52. The molecule has 1 heterocycles. The van der Waals surface area contributed by atoms with Crippen molar-refractivity contribution >= 4 is 40.8 Å². The molecule has 0 amide bonds. The number of carbonyl (C=O) groups is 5. The van der Waals surface area contributed by atoms with Crippen molar-refractivity contribution in [3.8, 4) is 0 Å². The van der Waals surface area contributed by atoms with E-state index in [2.05, 4.69) is 0 Å². The van der Waals surface area contributed by atoms with Crippen LogP contribution in [0.2, 0.25) is 0 Å². The molecule has 1 fully saturated rings. The van der Waals surface area contributed by atoms with E-state index in [0.29, 0.717) is 11.8 Å². The Balaban J connectivity index is 3.29. The number of rotatable bonds is 6. The van der Waals surface area contributed by atoms with Gasteiger partial charge in [0.25, 0.3) is 0 Å². The van der Waals surface area contributed by atoms with Gasteiger partial charge in [0.15, 0.2) is 28.9 Å². The highest BCUT2D eigenvalue weighted by atomic mass is 32.2. The zero-order valence-electron chi connectivity index (χ0n) is 15.6. The van der Waals surface area contributed by atoms with Gasteiger partial charge in [-0.3, -0.25) is 24.0 Å². The lowest BCUT2D eigenvalue weighted by Gasteiger charge is -2.43. The molecule has 0 spiro atoms. The highest BCUT2D eigenvalue weighted by molar-refractivity contribution is 8.14. The summed E-state index contributed by atoms with van der Waals surface area (Å²) >= 11 is 0.705. The molecule has 1 aliphatic rings. The quantitative estimate of drug-likeness (QED) is 0.447. The summed E-state index contributed by atoms with van der Waals surface area (Å²) in [7, 11) is 0. The maximum Gasteiger partial charge on any atom is 0.303 e. The third kappa shape index (κ3) is 7.55. The Morgan fingerprint density at radius 2 is 1.22 bits per heavy atom. The monoisotopic (exact) mass is 406 g/mol. The molecule has 0 N–H and O–H groups in total. The van der Waals surface area contributed by atoms with Crippen LogP contribution in [0.4, 0.5) is 0 Å². The van der Waals surface area contributed by atoms with E-state index >= 15 is 0 Å². The Morgan fingerprint density at radius 3 is 1.67 bits per heavy atom. The van der Waals surface area contributed by atoms with Gasteiger partial charge in [0.05, 0.1) is 0 Å². The molecule has 5 atom stereocenters. The van der Waals surface area contributed by atoms with Crippen molar-refractivity contribution in [3.05, 3.63) is 0 Å². The molecule has 11 heteroatoms. The van der Waals surface area contributed by atoms with Gasteiger partial charge in [0, 0.05) is 34.6 Å². The summed E-state index contributed by atoms with van der Waals surface area (Å²) in [5.74, 6) is -2.76. The molecule has 0 aromatic heterocycles. The smallest absolute Gasteiger partial charge is 0.303 e. The molecular weight excluding hydrogens is 384 g/mol. The van der Waals surface area contributed by atoms with Crippen molar-refractivity contribution in [2.24, 2.45) is 0 Å². The molecular formula is C16H22O10S. The number of esters is 4. The Morgan fingerprint density at radius 1 is 0.741 bits per heavy atom. The van der Waals surface area contributed by atoms with E-state index in [4.69, 9.17) is 23.7 Å². The minimum atomic E-state index is -1.26. The first-order valence-electron chi connectivity index (χ1n) is 7.99. The summed E-state index contributed by atoms with van der Waals surface area (Å²) < 4.78 is 26.2. The first-order valence-corrected chi connectivity index (χ1v) is 8.87. The molecule has 0 saturated carbocycles. The van der Waals surface area contributed by atoms with Gasteiger partial charge < -0.3 is 23.7 Å². The van der Waals surface area contributed by atoms with Gasteiger partial charge in [-0.25, -0.2) is 0 Å². The SMILES string of the molecule is CC(=O)OC[C@H]1O[C@H](SC(C)=O)[C@@H](OC(C)=O)[C@@H](OC(C)=O)[C@H]1OC(C)=O. The van der Waals surface area contributed by atoms with Crippen LogP contribution in [-0.2, 0) is 47.7 Å². The fraction of sp³-hybridized carbons (Fsp3) is 0.688. The van der Waals surface area contributed by atoms with Gasteiger partial charge in [-0.05, 0) is 0 Å². The van der Waals surface area contributed by atoms with Crippen LogP contribution in [0.1, 0.15) is 34.6 Å². The second kappa shape index (κ2) is 10.3. The Hall–Kier alpha value is -2.14. The second-order valence-corrected chi connectivity index (χ2v) is 6.95. The average molecular weight is 406 g/mol. The van der Waals surface area contributed by atoms with Crippen molar-refractivity contribution in [2.75, 3.05) is 6.61 Å². The largest absolute Gasteiger partial charge is 0.463 e. The van der Waals surface area contributed by atoms with Crippen LogP contribution in [0.25, 0.3) is 0 Å². The lowest BCUT2D eigenvalue weighted by Crippen LogP contribution is -2.61. The Kier molecular flexibility index (Phi) is 8.70. The van der Waals surface area contributed by atoms with Crippen LogP contribution in [0.5, 0.6) is 0 Å². The van der Waals surface area contributed by atoms with Gasteiger partial charge >= 0.3 is 23.9 Å². The van der Waals surface area contributed by atoms with Crippen LogP contribution in [0, 0.1) is 0 Å². The van der Waals surface area contributed by atoms with Crippen molar-refractivity contribution < 1.29 is 47.7 Å². The topological polar surface area (TPSA) is 132 Å². The minimum absolute atomic E-state index is 0.327. The molecule has 0 aromatic carbocycles. The van der Waals surface area contributed by atoms with E-state index < -0.39 is 53.7 Å². The summed E-state index contributed by atoms with van der Waals surface area (Å²) in [5, 5.41) is -0.351. The molecule has 0 bridgehead atoms. The number of hydrogen-bond donors (Lipinski definition) is 0. The first-order chi connectivity index (χ1) is 12.5. The van der Waals surface area contributed by atoms with Crippen LogP contribution < -0.4 is 0 Å². The number of carbonyl (C=O) groups excluding carboxylic acids is 5. The van der Waals surface area contributed by atoms with Gasteiger partial charge in [-0.15, -0.1) is 0 Å². The molecule has 10 nitrogen and oxygen atoms in total. The normalized spacial score (nSPS) is 27.2. The summed E-state index contributed by atoms with van der Waals surface area (Å²) in [6, 6.07) is 0. The van der Waals surface area contributed by atoms with Crippen molar-refractivity contribution in [1.29, 1.82) is 0 Å². The van der Waals surface area contributed by atoms with Crippen molar-refractivity contribution in [2.45, 2.75) is 64.5 Å². The zero-order chi connectivity index (χ0) is 20.7. The van der Waals surface area contributed by atoms with Gasteiger partial charge in [-0.2, -0.15) is 0 Å². The van der Waals surface area contributed by atoms with Crippen molar-refractivity contribution in [3.63, 3.8) is 0 Å². The molecule has 0 aliphatic carbocycles. The van der Waals surface area contributed by atoms with E-state index in [1.165, 1.54) is 13.8 Å². The third-order valence-corrected chi connectivity index (χ3v) is 4.17. The average Bonchev–Trinajstić information content (AvgIpc) is 2.49. The molecule has 0 unspecified atom stereocenters. The second-order valence-electron chi connectivity index (χ2n) is 5.68. The van der Waals surface area contributed by atoms with E-state index in [1.807, 2.05) is 0 Å². The van der Waals surface area contributed by atoms with E-state index in [1.54, 1.807) is 0 Å². The maximum absolute atomic E-state index is 11.6. The first kappa shape index (κ1) is 22.9. The molecule has 1 saturated heterocycles. The predicted octanol–water partition coefficient (Wildman–Crippen LogP) is 0.349. The zero-order valence-corrected chi connectivity index (χ0v) is 16.4. The minimum Gasteiger partial charge on any atom is -0.463 e. The molecule has 27 heavy (non-hydrogen) atoms. The standard InChI is InChI=1S/C16H22O10S/c1-7(17)22-6-12-13(23-8(2)18)14(24-9(3)19)15(25-10(4)20)16(26-12)27-11(5)21/h12-16H,6H2,1-5H3/t12-,13+,14+,15+,16-/m1/s1. The summed E-state index contributed by atoms with van der Waals surface area (Å²) in [6.07, 6.45) is -4.76. The van der Waals surface area contributed by atoms with Gasteiger partial charge in [0.2, 0.25) is 0 Å². The number of hydrogen-bond acceptors (Lipinski definition) is 11. The van der Waals surface area contributed by atoms with Crippen LogP contribution >= 0.6 is 11.8 Å². The van der Waals surface area contributed by atoms with Crippen LogP contribution in [0.15, 0.2) is 0 Å². The maximum atomic E-state index is 11.6. The van der Waals surface area contributed by atoms with E-state index in [0.717, 1.165) is 20.8 Å². The summed E-state index contributed by atoms with van der Waals surface area (Å²) in [6.45, 7) is 5.51. The van der Waals surface area contributed by atoms with Crippen LogP contribution in [-0.4, -0.2) is 65.5 Å².